The maximum Gasteiger partial charge on any atom is 0.228 e. The molecule has 0 bridgehead atoms. The monoisotopic (exact) mass is 248 g/mol. The summed E-state index contributed by atoms with van der Waals surface area (Å²) in [4.78, 5) is 13.2. The molecule has 1 aliphatic heterocycles. The van der Waals surface area contributed by atoms with Crippen LogP contribution in [-0.2, 0) is 4.79 Å². The number of para-hydroxylation sites is 1. The quantitative estimate of drug-likeness (QED) is 0.775. The van der Waals surface area contributed by atoms with Gasteiger partial charge >= 0.3 is 0 Å². The molecule has 0 unspecified atom stereocenters. The number of anilines is 1. The number of amides is 1. The minimum atomic E-state index is 0.119. The first-order chi connectivity index (χ1) is 8.09. The van der Waals surface area contributed by atoms with Crippen LogP contribution in [-0.4, -0.2) is 22.5 Å². The van der Waals surface area contributed by atoms with Crippen LogP contribution in [0.4, 0.5) is 5.69 Å². The predicted molar refractivity (Wildman–Crippen MR) is 73.1 cm³/mol. The minimum absolute atomic E-state index is 0.119. The molecule has 1 N–H and O–H groups in total. The van der Waals surface area contributed by atoms with Crippen LogP contribution in [0, 0.1) is 13.8 Å². The Balaban J connectivity index is 2.16. The van der Waals surface area contributed by atoms with Gasteiger partial charge in [0.2, 0.25) is 5.91 Å². The van der Waals surface area contributed by atoms with Gasteiger partial charge in [0, 0.05) is 18.7 Å². The van der Waals surface area contributed by atoms with E-state index in [4.69, 9.17) is 12.2 Å². The molecule has 0 aliphatic carbocycles. The lowest BCUT2D eigenvalue weighted by molar-refractivity contribution is -0.124. The molecule has 1 aromatic carbocycles. The number of nitrogens with zero attached hydrogens (tertiary/aromatic N) is 1. The van der Waals surface area contributed by atoms with Gasteiger partial charge in [-0.1, -0.05) is 18.2 Å². The summed E-state index contributed by atoms with van der Waals surface area (Å²) in [6.45, 7) is 4.79. The first kappa shape index (κ1) is 12.0. The molecule has 0 spiro atoms. The summed E-state index contributed by atoms with van der Waals surface area (Å²) in [5.41, 5.74) is 3.29. The number of hydrogen-bond acceptors (Lipinski definition) is 2. The molecule has 4 heteroatoms. The lowest BCUT2D eigenvalue weighted by atomic mass is 10.1. The van der Waals surface area contributed by atoms with Crippen molar-refractivity contribution < 1.29 is 4.79 Å². The van der Waals surface area contributed by atoms with E-state index in [0.29, 0.717) is 11.5 Å². The number of carbonyl (C=O) groups excluding carboxylic acids is 1. The van der Waals surface area contributed by atoms with Gasteiger partial charge in [0.05, 0.1) is 0 Å². The fourth-order valence-electron chi connectivity index (χ4n) is 2.05. The van der Waals surface area contributed by atoms with Crippen LogP contribution in [0.5, 0.6) is 0 Å². The molecule has 17 heavy (non-hydrogen) atoms. The van der Waals surface area contributed by atoms with Gasteiger partial charge < -0.3 is 5.32 Å². The van der Waals surface area contributed by atoms with Crippen LogP contribution in [0.2, 0.25) is 0 Å². The first-order valence-electron chi connectivity index (χ1n) is 5.77. The Hall–Kier alpha value is -1.42. The molecular weight excluding hydrogens is 232 g/mol. The Morgan fingerprint density at radius 2 is 2.00 bits per heavy atom. The van der Waals surface area contributed by atoms with Crippen molar-refractivity contribution in [2.75, 3.05) is 11.9 Å². The van der Waals surface area contributed by atoms with Gasteiger partial charge in [-0.15, -0.1) is 0 Å². The molecule has 0 aromatic heterocycles. The molecule has 1 heterocycles. The number of rotatable bonds is 1. The predicted octanol–water partition coefficient (Wildman–Crippen LogP) is 2.62. The van der Waals surface area contributed by atoms with Crippen LogP contribution in [0.25, 0.3) is 0 Å². The second-order valence-corrected chi connectivity index (χ2v) is 4.73. The van der Waals surface area contributed by atoms with Crippen molar-refractivity contribution in [2.45, 2.75) is 26.7 Å². The molecule has 1 fully saturated rings. The fraction of sp³-hybridized carbons (Fsp3) is 0.385. The van der Waals surface area contributed by atoms with Gasteiger partial charge in [-0.05, 0) is 43.6 Å². The van der Waals surface area contributed by atoms with E-state index in [2.05, 4.69) is 5.32 Å². The number of nitrogens with one attached hydrogen (secondary N) is 1. The second kappa shape index (κ2) is 4.84. The summed E-state index contributed by atoms with van der Waals surface area (Å²) in [5, 5.41) is 3.71. The van der Waals surface area contributed by atoms with Crippen molar-refractivity contribution in [2.24, 2.45) is 0 Å². The van der Waals surface area contributed by atoms with Crippen molar-refractivity contribution in [3.8, 4) is 0 Å². The van der Waals surface area contributed by atoms with E-state index in [-0.39, 0.29) is 5.91 Å². The summed E-state index contributed by atoms with van der Waals surface area (Å²) >= 11 is 5.29. The third-order valence-electron chi connectivity index (χ3n) is 3.03. The van der Waals surface area contributed by atoms with E-state index >= 15 is 0 Å². The maximum absolute atomic E-state index is 11.6. The highest BCUT2D eigenvalue weighted by atomic mass is 32.1. The average Bonchev–Trinajstić information content (AvgIpc) is 2.70. The average molecular weight is 248 g/mol. The normalized spacial score (nSPS) is 15.2. The zero-order valence-electron chi connectivity index (χ0n) is 10.1. The Bertz CT molecular complexity index is 450. The van der Waals surface area contributed by atoms with Crippen LogP contribution in [0.1, 0.15) is 24.0 Å². The molecule has 0 saturated carbocycles. The maximum atomic E-state index is 11.6. The van der Waals surface area contributed by atoms with E-state index < -0.39 is 0 Å². The summed E-state index contributed by atoms with van der Waals surface area (Å²) in [7, 11) is 0. The van der Waals surface area contributed by atoms with Crippen molar-refractivity contribution in [3.63, 3.8) is 0 Å². The van der Waals surface area contributed by atoms with E-state index in [1.807, 2.05) is 32.0 Å². The van der Waals surface area contributed by atoms with Crippen LogP contribution >= 0.6 is 12.2 Å². The van der Waals surface area contributed by atoms with Gasteiger partial charge in [-0.2, -0.15) is 0 Å². The molecule has 1 aliphatic rings. The molecule has 1 amide bonds. The molecule has 1 aromatic rings. The number of carbonyl (C=O) groups is 1. The summed E-state index contributed by atoms with van der Waals surface area (Å²) in [6.07, 6.45) is 1.50. The number of likely N-dealkylation sites (tertiary alicyclic amines) is 1. The largest absolute Gasteiger partial charge is 0.332 e. The molecule has 0 atom stereocenters. The van der Waals surface area contributed by atoms with E-state index in [0.717, 1.165) is 29.8 Å². The van der Waals surface area contributed by atoms with Gasteiger partial charge in [0.1, 0.15) is 0 Å². The highest BCUT2D eigenvalue weighted by Gasteiger charge is 2.24. The first-order valence-corrected chi connectivity index (χ1v) is 6.18. The van der Waals surface area contributed by atoms with Crippen molar-refractivity contribution in [1.29, 1.82) is 0 Å². The van der Waals surface area contributed by atoms with Crippen LogP contribution in [0.15, 0.2) is 18.2 Å². The van der Waals surface area contributed by atoms with Crippen molar-refractivity contribution in [3.05, 3.63) is 29.3 Å². The SMILES string of the molecule is Cc1cccc(C)c1NC(=S)N1CCCC1=O. The van der Waals surface area contributed by atoms with Crippen LogP contribution in [0.3, 0.4) is 0 Å². The third-order valence-corrected chi connectivity index (χ3v) is 3.35. The highest BCUT2D eigenvalue weighted by molar-refractivity contribution is 7.80. The molecule has 0 radical (unpaired) electrons. The molecule has 2 rings (SSSR count). The molecule has 3 nitrogen and oxygen atoms in total. The summed E-state index contributed by atoms with van der Waals surface area (Å²) < 4.78 is 0. The minimum Gasteiger partial charge on any atom is -0.332 e. The summed E-state index contributed by atoms with van der Waals surface area (Å²) in [6, 6.07) is 6.08. The highest BCUT2D eigenvalue weighted by Crippen LogP contribution is 2.21. The standard InChI is InChI=1S/C13H16N2OS/c1-9-5-3-6-10(2)12(9)14-13(17)15-8-4-7-11(15)16/h3,5-6H,4,7-8H2,1-2H3,(H,14,17). The van der Waals surface area contributed by atoms with Gasteiger partial charge in [0.25, 0.3) is 0 Å². The number of aryl methyl sites for hydroxylation is 2. The molecule has 1 saturated heterocycles. The Kier molecular flexibility index (Phi) is 3.43. The van der Waals surface area contributed by atoms with E-state index in [1.165, 1.54) is 0 Å². The lowest BCUT2D eigenvalue weighted by Crippen LogP contribution is -2.35. The van der Waals surface area contributed by atoms with Crippen molar-refractivity contribution in [1.82, 2.24) is 4.90 Å². The smallest absolute Gasteiger partial charge is 0.228 e. The zero-order valence-corrected chi connectivity index (χ0v) is 10.9. The van der Waals surface area contributed by atoms with Gasteiger partial charge in [0.15, 0.2) is 5.11 Å². The Morgan fingerprint density at radius 3 is 2.53 bits per heavy atom. The second-order valence-electron chi connectivity index (χ2n) is 4.35. The van der Waals surface area contributed by atoms with Gasteiger partial charge in [-0.3, -0.25) is 9.69 Å². The molecule has 90 valence electrons. The van der Waals surface area contributed by atoms with Gasteiger partial charge in [-0.25, -0.2) is 0 Å². The topological polar surface area (TPSA) is 32.3 Å². The zero-order chi connectivity index (χ0) is 12.4. The summed E-state index contributed by atoms with van der Waals surface area (Å²) in [5.74, 6) is 0.119. The van der Waals surface area contributed by atoms with Crippen molar-refractivity contribution >= 4 is 28.9 Å². The van der Waals surface area contributed by atoms with E-state index in [9.17, 15) is 4.79 Å². The van der Waals surface area contributed by atoms with Crippen LogP contribution < -0.4 is 5.32 Å². The Morgan fingerprint density at radius 1 is 1.35 bits per heavy atom. The molecular formula is C13H16N2OS. The number of thiocarbonyl (C=S) groups is 1. The Labute approximate surface area is 107 Å². The third kappa shape index (κ3) is 2.47. The van der Waals surface area contributed by atoms with E-state index in [1.54, 1.807) is 4.90 Å². The lowest BCUT2D eigenvalue weighted by Gasteiger charge is -2.20. The number of hydrogen-bond donors (Lipinski definition) is 1. The fourth-order valence-corrected chi connectivity index (χ4v) is 2.34. The number of benzene rings is 1.